The maximum Gasteiger partial charge on any atom is 0.307 e. The summed E-state index contributed by atoms with van der Waals surface area (Å²) in [6, 6.07) is 5.15. The molecule has 1 aliphatic heterocycles. The number of phenols is 1. The van der Waals surface area contributed by atoms with Crippen molar-refractivity contribution in [3.63, 3.8) is 0 Å². The van der Waals surface area contributed by atoms with Crippen molar-refractivity contribution < 1.29 is 15.0 Å². The highest BCUT2D eigenvalue weighted by molar-refractivity contribution is 6.32. The Morgan fingerprint density at radius 2 is 2.21 bits per heavy atom. The molecule has 0 aliphatic carbocycles. The smallest absolute Gasteiger partial charge is 0.307 e. The van der Waals surface area contributed by atoms with E-state index in [0.717, 1.165) is 18.5 Å². The second kappa shape index (κ2) is 5.80. The molecule has 4 nitrogen and oxygen atoms in total. The Hall–Kier alpha value is -1.26. The minimum Gasteiger partial charge on any atom is -0.506 e. The molecule has 1 aromatic rings. The number of piperidine rings is 1. The van der Waals surface area contributed by atoms with Crippen LogP contribution < -0.4 is 0 Å². The number of halogens is 1. The fourth-order valence-corrected chi connectivity index (χ4v) is 2.88. The van der Waals surface area contributed by atoms with Crippen molar-refractivity contribution in [3.05, 3.63) is 28.8 Å². The predicted octanol–water partition coefficient (Wildman–Crippen LogP) is 2.59. The van der Waals surface area contributed by atoms with E-state index in [-0.39, 0.29) is 11.7 Å². The van der Waals surface area contributed by atoms with Crippen molar-refractivity contribution in [2.24, 2.45) is 11.8 Å². The van der Waals surface area contributed by atoms with E-state index in [1.54, 1.807) is 12.1 Å². The second-order valence-corrected chi connectivity index (χ2v) is 5.70. The van der Waals surface area contributed by atoms with Crippen molar-refractivity contribution in [2.75, 3.05) is 13.1 Å². The van der Waals surface area contributed by atoms with Crippen LogP contribution >= 0.6 is 11.6 Å². The van der Waals surface area contributed by atoms with Gasteiger partial charge in [0.15, 0.2) is 0 Å². The van der Waals surface area contributed by atoms with Gasteiger partial charge in [-0.25, -0.2) is 0 Å². The molecule has 0 amide bonds. The Morgan fingerprint density at radius 3 is 2.89 bits per heavy atom. The van der Waals surface area contributed by atoms with Crippen LogP contribution in [-0.2, 0) is 11.3 Å². The van der Waals surface area contributed by atoms with Crippen LogP contribution in [0.5, 0.6) is 5.75 Å². The molecule has 1 heterocycles. The molecule has 19 heavy (non-hydrogen) atoms. The zero-order chi connectivity index (χ0) is 14.0. The van der Waals surface area contributed by atoms with Gasteiger partial charge < -0.3 is 10.2 Å². The third-order valence-electron chi connectivity index (χ3n) is 3.54. The highest BCUT2D eigenvalue weighted by atomic mass is 35.5. The summed E-state index contributed by atoms with van der Waals surface area (Å²) in [4.78, 5) is 13.2. The molecule has 0 aromatic heterocycles. The summed E-state index contributed by atoms with van der Waals surface area (Å²) < 4.78 is 0. The molecule has 2 N–H and O–H groups in total. The van der Waals surface area contributed by atoms with E-state index in [1.807, 2.05) is 6.07 Å². The fourth-order valence-electron chi connectivity index (χ4n) is 2.70. The number of rotatable bonds is 3. The molecule has 0 saturated carbocycles. The van der Waals surface area contributed by atoms with E-state index in [0.29, 0.717) is 24.0 Å². The Kier molecular flexibility index (Phi) is 4.32. The zero-order valence-corrected chi connectivity index (χ0v) is 11.6. The van der Waals surface area contributed by atoms with Gasteiger partial charge in [0.05, 0.1) is 10.9 Å². The van der Waals surface area contributed by atoms with Crippen LogP contribution in [0.25, 0.3) is 0 Å². The molecule has 1 aliphatic rings. The minimum absolute atomic E-state index is 0.0685. The number of aliphatic carboxylic acids is 1. The van der Waals surface area contributed by atoms with Crippen molar-refractivity contribution in [1.82, 2.24) is 4.90 Å². The molecule has 0 bridgehead atoms. The highest BCUT2D eigenvalue weighted by Crippen LogP contribution is 2.29. The molecule has 0 spiro atoms. The Balaban J connectivity index is 2.09. The third-order valence-corrected chi connectivity index (χ3v) is 3.97. The van der Waals surface area contributed by atoms with Gasteiger partial charge in [-0.05, 0) is 24.0 Å². The van der Waals surface area contributed by atoms with E-state index in [4.69, 9.17) is 16.7 Å². The molecule has 104 valence electrons. The summed E-state index contributed by atoms with van der Waals surface area (Å²) in [6.45, 7) is 4.02. The van der Waals surface area contributed by atoms with Crippen LogP contribution in [0.15, 0.2) is 18.2 Å². The molecule has 2 unspecified atom stereocenters. The first kappa shape index (κ1) is 14.2. The monoisotopic (exact) mass is 283 g/mol. The van der Waals surface area contributed by atoms with Gasteiger partial charge in [-0.1, -0.05) is 30.7 Å². The summed E-state index contributed by atoms with van der Waals surface area (Å²) in [5.74, 6) is -0.636. The summed E-state index contributed by atoms with van der Waals surface area (Å²) in [7, 11) is 0. The van der Waals surface area contributed by atoms with E-state index >= 15 is 0 Å². The molecule has 2 atom stereocenters. The SMILES string of the molecule is CC1CC(C(=O)O)CN(Cc2cccc(O)c2Cl)C1. The van der Waals surface area contributed by atoms with Crippen LogP contribution in [0, 0.1) is 11.8 Å². The summed E-state index contributed by atoms with van der Waals surface area (Å²) in [6.07, 6.45) is 0.722. The highest BCUT2D eigenvalue weighted by Gasteiger charge is 2.29. The maximum atomic E-state index is 11.1. The van der Waals surface area contributed by atoms with Gasteiger partial charge in [-0.3, -0.25) is 9.69 Å². The number of hydrogen-bond acceptors (Lipinski definition) is 3. The molecule has 2 rings (SSSR count). The van der Waals surface area contributed by atoms with Crippen molar-refractivity contribution in [2.45, 2.75) is 19.9 Å². The number of carboxylic acid groups (broad SMARTS) is 1. The molecule has 1 aromatic carbocycles. The molecule has 5 heteroatoms. The lowest BCUT2D eigenvalue weighted by Crippen LogP contribution is -2.42. The lowest BCUT2D eigenvalue weighted by atomic mass is 9.90. The molecule has 0 radical (unpaired) electrons. The fraction of sp³-hybridized carbons (Fsp3) is 0.500. The Labute approximate surface area is 117 Å². The largest absolute Gasteiger partial charge is 0.506 e. The molecular weight excluding hydrogens is 266 g/mol. The number of hydrogen-bond donors (Lipinski definition) is 2. The number of benzene rings is 1. The van der Waals surface area contributed by atoms with Gasteiger partial charge in [0.25, 0.3) is 0 Å². The summed E-state index contributed by atoms with van der Waals surface area (Å²) in [5.41, 5.74) is 0.833. The van der Waals surface area contributed by atoms with Gasteiger partial charge in [-0.2, -0.15) is 0 Å². The van der Waals surface area contributed by atoms with Crippen LogP contribution in [-0.4, -0.2) is 34.2 Å². The molecule has 1 fully saturated rings. The lowest BCUT2D eigenvalue weighted by Gasteiger charge is -2.34. The van der Waals surface area contributed by atoms with Crippen LogP contribution in [0.1, 0.15) is 18.9 Å². The quantitative estimate of drug-likeness (QED) is 0.895. The van der Waals surface area contributed by atoms with E-state index < -0.39 is 5.97 Å². The average Bonchev–Trinajstić information content (AvgIpc) is 2.34. The molecule has 1 saturated heterocycles. The van der Waals surface area contributed by atoms with Gasteiger partial charge in [0, 0.05) is 19.6 Å². The van der Waals surface area contributed by atoms with Gasteiger partial charge in [0.2, 0.25) is 0 Å². The van der Waals surface area contributed by atoms with Gasteiger partial charge in [0.1, 0.15) is 5.75 Å². The van der Waals surface area contributed by atoms with Gasteiger partial charge in [-0.15, -0.1) is 0 Å². The molecular formula is C14H18ClNO3. The first-order valence-corrected chi connectivity index (χ1v) is 6.76. The zero-order valence-electron chi connectivity index (χ0n) is 10.8. The maximum absolute atomic E-state index is 11.1. The summed E-state index contributed by atoms with van der Waals surface area (Å²) in [5, 5.41) is 19.1. The van der Waals surface area contributed by atoms with Crippen LogP contribution in [0.3, 0.4) is 0 Å². The number of nitrogens with zero attached hydrogens (tertiary/aromatic N) is 1. The normalized spacial score (nSPS) is 24.3. The third kappa shape index (κ3) is 3.39. The van der Waals surface area contributed by atoms with Crippen molar-refractivity contribution in [3.8, 4) is 5.75 Å². The second-order valence-electron chi connectivity index (χ2n) is 5.32. The number of aromatic hydroxyl groups is 1. The van der Waals surface area contributed by atoms with Crippen molar-refractivity contribution in [1.29, 1.82) is 0 Å². The Bertz CT molecular complexity index is 478. The van der Waals surface area contributed by atoms with E-state index in [9.17, 15) is 9.90 Å². The standard InChI is InChI=1S/C14H18ClNO3/c1-9-5-11(14(18)19)8-16(6-9)7-10-3-2-4-12(17)13(10)15/h2-4,9,11,17H,5-8H2,1H3,(H,18,19). The minimum atomic E-state index is -0.737. The van der Waals surface area contributed by atoms with E-state index in [2.05, 4.69) is 11.8 Å². The first-order chi connectivity index (χ1) is 8.97. The van der Waals surface area contributed by atoms with Crippen molar-refractivity contribution >= 4 is 17.6 Å². The first-order valence-electron chi connectivity index (χ1n) is 6.39. The average molecular weight is 284 g/mol. The van der Waals surface area contributed by atoms with Crippen LogP contribution in [0.4, 0.5) is 0 Å². The predicted molar refractivity (Wildman–Crippen MR) is 73.3 cm³/mol. The number of likely N-dealkylation sites (tertiary alicyclic amines) is 1. The summed E-state index contributed by atoms with van der Waals surface area (Å²) >= 11 is 6.05. The Morgan fingerprint density at radius 1 is 1.47 bits per heavy atom. The topological polar surface area (TPSA) is 60.8 Å². The van der Waals surface area contributed by atoms with E-state index in [1.165, 1.54) is 0 Å². The van der Waals surface area contributed by atoms with Crippen LogP contribution in [0.2, 0.25) is 5.02 Å². The number of carbonyl (C=O) groups is 1. The van der Waals surface area contributed by atoms with Gasteiger partial charge >= 0.3 is 5.97 Å². The number of phenolic OH excluding ortho intramolecular Hbond substituents is 1. The number of carboxylic acids is 1. The lowest BCUT2D eigenvalue weighted by molar-refractivity contribution is -0.144.